The molecule has 0 aliphatic carbocycles. The Morgan fingerprint density at radius 1 is 1.27 bits per heavy atom. The van der Waals surface area contributed by atoms with Crippen molar-refractivity contribution in [2.75, 3.05) is 7.11 Å². The van der Waals surface area contributed by atoms with E-state index in [0.717, 1.165) is 5.71 Å². The second kappa shape index (κ2) is 5.14. The molecule has 80 valence electrons. The highest BCUT2D eigenvalue weighted by Crippen LogP contribution is 2.18. The zero-order chi connectivity index (χ0) is 11.3. The highest BCUT2D eigenvalue weighted by molar-refractivity contribution is 5.92. The molecule has 4 heteroatoms. The molecule has 0 amide bonds. The minimum absolute atomic E-state index is 0.366. The lowest BCUT2D eigenvalue weighted by molar-refractivity contribution is 0.0596. The zero-order valence-electron chi connectivity index (χ0n) is 8.98. The Balaban J connectivity index is 2.96. The number of esters is 1. The van der Waals surface area contributed by atoms with E-state index in [-0.39, 0.29) is 0 Å². The summed E-state index contributed by atoms with van der Waals surface area (Å²) in [6.45, 7) is 3.61. The van der Waals surface area contributed by atoms with Gasteiger partial charge in [0.15, 0.2) is 5.75 Å². The van der Waals surface area contributed by atoms with Crippen LogP contribution in [0.15, 0.2) is 29.4 Å². The Hall–Kier alpha value is -1.84. The molecule has 4 nitrogen and oxygen atoms in total. The summed E-state index contributed by atoms with van der Waals surface area (Å²) in [4.78, 5) is 16.4. The van der Waals surface area contributed by atoms with Crippen molar-refractivity contribution in [3.8, 4) is 5.75 Å². The first kappa shape index (κ1) is 11.2. The smallest absolute Gasteiger partial charge is 0.341 e. The van der Waals surface area contributed by atoms with Gasteiger partial charge < -0.3 is 9.57 Å². The molecule has 0 aromatic heterocycles. The third kappa shape index (κ3) is 3.09. The molecule has 0 fully saturated rings. The monoisotopic (exact) mass is 207 g/mol. The molecule has 0 heterocycles. The van der Waals surface area contributed by atoms with Crippen molar-refractivity contribution >= 4 is 11.7 Å². The van der Waals surface area contributed by atoms with E-state index in [1.807, 2.05) is 0 Å². The summed E-state index contributed by atoms with van der Waals surface area (Å²) in [5, 5.41) is 3.78. The lowest BCUT2D eigenvalue weighted by Gasteiger charge is -2.04. The number of nitrogens with zero attached hydrogens (tertiary/aromatic N) is 1. The summed E-state index contributed by atoms with van der Waals surface area (Å²) in [5.74, 6) is -0.0416. The molecule has 0 saturated heterocycles. The van der Waals surface area contributed by atoms with Gasteiger partial charge in [-0.2, -0.15) is 0 Å². The molecule has 0 spiro atoms. The molecule has 0 bridgehead atoms. The third-order valence-electron chi connectivity index (χ3n) is 1.62. The molecule has 15 heavy (non-hydrogen) atoms. The molecule has 1 aromatic carbocycles. The third-order valence-corrected chi connectivity index (χ3v) is 1.62. The van der Waals surface area contributed by atoms with Gasteiger partial charge in [-0.25, -0.2) is 4.79 Å². The van der Waals surface area contributed by atoms with Crippen LogP contribution in [0.25, 0.3) is 0 Å². The molecule has 0 aliphatic heterocycles. The fraction of sp³-hybridized carbons (Fsp3) is 0.273. The average Bonchev–Trinajstić information content (AvgIpc) is 2.25. The van der Waals surface area contributed by atoms with Crippen LogP contribution >= 0.6 is 0 Å². The number of oxime groups is 1. The largest absolute Gasteiger partial charge is 0.465 e. The zero-order valence-corrected chi connectivity index (χ0v) is 8.98. The molecule has 0 radical (unpaired) electrons. The van der Waals surface area contributed by atoms with Gasteiger partial charge in [-0.1, -0.05) is 17.3 Å². The number of hydrogen-bond acceptors (Lipinski definition) is 4. The lowest BCUT2D eigenvalue weighted by atomic mass is 10.2. The number of rotatable bonds is 3. The van der Waals surface area contributed by atoms with Crippen LogP contribution in [0.5, 0.6) is 5.75 Å². The number of methoxy groups -OCH3 is 1. The predicted molar refractivity (Wildman–Crippen MR) is 57.2 cm³/mol. The van der Waals surface area contributed by atoms with Gasteiger partial charge in [-0.3, -0.25) is 0 Å². The van der Waals surface area contributed by atoms with Crippen LogP contribution in [0.1, 0.15) is 24.2 Å². The van der Waals surface area contributed by atoms with Crippen LogP contribution < -0.4 is 4.84 Å². The van der Waals surface area contributed by atoms with Crippen LogP contribution in [0.4, 0.5) is 0 Å². The Bertz CT molecular complexity index is 381. The normalized spacial score (nSPS) is 9.27. The van der Waals surface area contributed by atoms with Gasteiger partial charge in [-0.15, -0.1) is 0 Å². The Morgan fingerprint density at radius 3 is 2.53 bits per heavy atom. The highest BCUT2D eigenvalue weighted by Gasteiger charge is 2.11. The summed E-state index contributed by atoms with van der Waals surface area (Å²) in [5.41, 5.74) is 1.14. The Labute approximate surface area is 88.5 Å². The second-order valence-electron chi connectivity index (χ2n) is 3.12. The summed E-state index contributed by atoms with van der Waals surface area (Å²) in [6, 6.07) is 6.80. The van der Waals surface area contributed by atoms with E-state index in [1.54, 1.807) is 38.1 Å². The molecule has 0 saturated carbocycles. The SMILES string of the molecule is COC(=O)c1ccccc1ON=C(C)C. The minimum Gasteiger partial charge on any atom is -0.465 e. The van der Waals surface area contributed by atoms with Gasteiger partial charge in [0.2, 0.25) is 0 Å². The van der Waals surface area contributed by atoms with Crippen LogP contribution in [0.3, 0.4) is 0 Å². The van der Waals surface area contributed by atoms with Crippen molar-refractivity contribution in [1.29, 1.82) is 0 Å². The fourth-order valence-electron chi connectivity index (χ4n) is 0.965. The molecule has 0 atom stereocenters. The van der Waals surface area contributed by atoms with Crippen molar-refractivity contribution < 1.29 is 14.4 Å². The average molecular weight is 207 g/mol. The van der Waals surface area contributed by atoms with E-state index in [0.29, 0.717) is 11.3 Å². The number of carbonyl (C=O) groups excluding carboxylic acids is 1. The quantitative estimate of drug-likeness (QED) is 0.434. The molecular formula is C11H13NO3. The van der Waals surface area contributed by atoms with Gasteiger partial charge in [-0.05, 0) is 26.0 Å². The maximum Gasteiger partial charge on any atom is 0.341 e. The molecule has 0 N–H and O–H groups in total. The van der Waals surface area contributed by atoms with Crippen LogP contribution in [-0.4, -0.2) is 18.8 Å². The lowest BCUT2D eigenvalue weighted by Crippen LogP contribution is -2.03. The number of carbonyl (C=O) groups is 1. The summed E-state index contributed by atoms with van der Waals surface area (Å²) in [7, 11) is 1.33. The van der Waals surface area contributed by atoms with Crippen molar-refractivity contribution in [1.82, 2.24) is 0 Å². The summed E-state index contributed by atoms with van der Waals surface area (Å²) in [6.07, 6.45) is 0. The highest BCUT2D eigenvalue weighted by atomic mass is 16.6. The number of ether oxygens (including phenoxy) is 1. The van der Waals surface area contributed by atoms with Gasteiger partial charge in [0.1, 0.15) is 5.56 Å². The minimum atomic E-state index is -0.436. The molecule has 1 rings (SSSR count). The summed E-state index contributed by atoms with van der Waals surface area (Å²) < 4.78 is 4.62. The van der Waals surface area contributed by atoms with Crippen molar-refractivity contribution in [2.45, 2.75) is 13.8 Å². The van der Waals surface area contributed by atoms with Crippen molar-refractivity contribution in [3.63, 3.8) is 0 Å². The van der Waals surface area contributed by atoms with E-state index >= 15 is 0 Å². The van der Waals surface area contributed by atoms with Crippen LogP contribution in [0, 0.1) is 0 Å². The van der Waals surface area contributed by atoms with Gasteiger partial charge in [0.25, 0.3) is 0 Å². The van der Waals surface area contributed by atoms with E-state index in [2.05, 4.69) is 9.89 Å². The number of hydrogen-bond donors (Lipinski definition) is 0. The second-order valence-corrected chi connectivity index (χ2v) is 3.12. The molecule has 0 unspecified atom stereocenters. The van der Waals surface area contributed by atoms with Gasteiger partial charge in [0, 0.05) is 0 Å². The van der Waals surface area contributed by atoms with Crippen LogP contribution in [-0.2, 0) is 4.74 Å². The van der Waals surface area contributed by atoms with E-state index in [9.17, 15) is 4.79 Å². The maximum atomic E-state index is 11.3. The first-order valence-corrected chi connectivity index (χ1v) is 4.50. The fourth-order valence-corrected chi connectivity index (χ4v) is 0.965. The number of para-hydroxylation sites is 1. The van der Waals surface area contributed by atoms with E-state index < -0.39 is 5.97 Å². The summed E-state index contributed by atoms with van der Waals surface area (Å²) >= 11 is 0. The van der Waals surface area contributed by atoms with Crippen molar-refractivity contribution in [3.05, 3.63) is 29.8 Å². The Morgan fingerprint density at radius 2 is 1.93 bits per heavy atom. The molecular weight excluding hydrogens is 194 g/mol. The Kier molecular flexibility index (Phi) is 3.85. The standard InChI is InChI=1S/C11H13NO3/c1-8(2)12-15-10-7-5-4-6-9(10)11(13)14-3/h4-7H,1-3H3. The van der Waals surface area contributed by atoms with Gasteiger partial charge >= 0.3 is 5.97 Å². The van der Waals surface area contributed by atoms with E-state index in [1.165, 1.54) is 7.11 Å². The van der Waals surface area contributed by atoms with E-state index in [4.69, 9.17) is 4.84 Å². The first-order valence-electron chi connectivity index (χ1n) is 4.50. The first-order chi connectivity index (χ1) is 7.15. The maximum absolute atomic E-state index is 11.3. The molecule has 1 aromatic rings. The molecule has 0 aliphatic rings. The topological polar surface area (TPSA) is 47.9 Å². The van der Waals surface area contributed by atoms with Crippen molar-refractivity contribution in [2.24, 2.45) is 5.16 Å². The van der Waals surface area contributed by atoms with Crippen LogP contribution in [0.2, 0.25) is 0 Å². The predicted octanol–water partition coefficient (Wildman–Crippen LogP) is 2.25. The number of benzene rings is 1. The van der Waals surface area contributed by atoms with Gasteiger partial charge in [0.05, 0.1) is 12.8 Å².